The minimum atomic E-state index is 0.185. The Hall–Kier alpha value is -0.200. The van der Waals surface area contributed by atoms with E-state index < -0.39 is 0 Å². The van der Waals surface area contributed by atoms with Gasteiger partial charge in [-0.3, -0.25) is 0 Å². The van der Waals surface area contributed by atoms with E-state index in [1.165, 1.54) is 5.56 Å². The van der Waals surface area contributed by atoms with Gasteiger partial charge in [-0.2, -0.15) is 0 Å². The molecule has 70 valence electrons. The Balaban J connectivity index is 2.15. The Labute approximate surface area is 88.9 Å². The number of hydrogen-bond donors (Lipinski definition) is 0. The molecule has 1 saturated carbocycles. The van der Waals surface area contributed by atoms with E-state index >= 15 is 0 Å². The molecule has 1 fully saturated rings. The highest BCUT2D eigenvalue weighted by molar-refractivity contribution is 6.22. The van der Waals surface area contributed by atoms with Crippen LogP contribution in [0.25, 0.3) is 0 Å². The van der Waals surface area contributed by atoms with Crippen molar-refractivity contribution in [1.29, 1.82) is 0 Å². The van der Waals surface area contributed by atoms with Crippen LogP contribution in [-0.4, -0.2) is 11.8 Å². The summed E-state index contributed by atoms with van der Waals surface area (Å²) in [4.78, 5) is 0. The van der Waals surface area contributed by atoms with Gasteiger partial charge < -0.3 is 0 Å². The van der Waals surface area contributed by atoms with E-state index in [1.54, 1.807) is 0 Å². The summed E-state index contributed by atoms with van der Waals surface area (Å²) in [5.74, 6) is 1.94. The van der Waals surface area contributed by atoms with Crippen LogP contribution >= 0.6 is 23.2 Å². The number of rotatable bonds is 3. The molecule has 0 aromatic heterocycles. The molecule has 0 aliphatic heterocycles. The van der Waals surface area contributed by atoms with Gasteiger partial charge in [0, 0.05) is 17.2 Å². The largest absolute Gasteiger partial charge is 0.126 e. The van der Waals surface area contributed by atoms with E-state index in [4.69, 9.17) is 23.2 Å². The van der Waals surface area contributed by atoms with Gasteiger partial charge in [0.1, 0.15) is 0 Å². The van der Waals surface area contributed by atoms with E-state index in [0.717, 1.165) is 6.42 Å². The number of halogens is 2. The molecule has 1 aromatic carbocycles. The highest BCUT2D eigenvalue weighted by atomic mass is 35.5. The summed E-state index contributed by atoms with van der Waals surface area (Å²) >= 11 is 11.8. The molecule has 1 aliphatic rings. The van der Waals surface area contributed by atoms with Gasteiger partial charge in [0.2, 0.25) is 0 Å². The summed E-state index contributed by atoms with van der Waals surface area (Å²) in [7, 11) is 0. The first kappa shape index (κ1) is 9.36. The minimum absolute atomic E-state index is 0.185. The summed E-state index contributed by atoms with van der Waals surface area (Å²) in [6.45, 7) is 0. The lowest BCUT2D eigenvalue weighted by molar-refractivity contribution is 0.638. The molecule has 0 spiro atoms. The first-order valence-electron chi connectivity index (χ1n) is 4.49. The normalized spacial score (nSPS) is 24.3. The Bertz CT molecular complexity index is 277. The lowest BCUT2D eigenvalue weighted by Crippen LogP contribution is -2.07. The molecule has 0 amide bonds. The molecule has 1 atom stereocenters. The summed E-state index contributed by atoms with van der Waals surface area (Å²) in [6, 6.07) is 10.5. The number of benzene rings is 1. The van der Waals surface area contributed by atoms with Crippen molar-refractivity contribution in [2.24, 2.45) is 5.41 Å². The molecule has 1 unspecified atom stereocenters. The minimum Gasteiger partial charge on any atom is -0.126 e. The number of alkyl halides is 2. The fourth-order valence-electron chi connectivity index (χ4n) is 1.84. The van der Waals surface area contributed by atoms with Gasteiger partial charge in [-0.15, -0.1) is 23.2 Å². The first-order valence-corrected chi connectivity index (χ1v) is 5.56. The van der Waals surface area contributed by atoms with Crippen molar-refractivity contribution in [2.45, 2.75) is 12.3 Å². The van der Waals surface area contributed by atoms with E-state index in [-0.39, 0.29) is 5.41 Å². The highest BCUT2D eigenvalue weighted by Gasteiger charge is 2.53. The molecule has 0 N–H and O–H groups in total. The van der Waals surface area contributed by atoms with Crippen molar-refractivity contribution in [1.82, 2.24) is 0 Å². The Kier molecular flexibility index (Phi) is 2.53. The van der Waals surface area contributed by atoms with Crippen LogP contribution in [0.15, 0.2) is 30.3 Å². The summed E-state index contributed by atoms with van der Waals surface area (Å²) in [6.07, 6.45) is 1.14. The number of hydrogen-bond acceptors (Lipinski definition) is 0. The SMILES string of the molecule is ClCC1(CCl)CC1c1ccccc1. The van der Waals surface area contributed by atoms with Gasteiger partial charge in [-0.1, -0.05) is 30.3 Å². The second-order valence-electron chi connectivity index (χ2n) is 3.80. The smallest absolute Gasteiger partial charge is 0.0297 e. The quantitative estimate of drug-likeness (QED) is 0.675. The summed E-state index contributed by atoms with van der Waals surface area (Å²) in [5, 5.41) is 0. The van der Waals surface area contributed by atoms with Crippen molar-refractivity contribution in [3.63, 3.8) is 0 Å². The molecule has 1 aliphatic carbocycles. The molecule has 0 nitrogen and oxygen atoms in total. The van der Waals surface area contributed by atoms with E-state index in [9.17, 15) is 0 Å². The zero-order valence-electron chi connectivity index (χ0n) is 7.34. The molecule has 0 radical (unpaired) electrons. The first-order chi connectivity index (χ1) is 6.32. The van der Waals surface area contributed by atoms with Gasteiger partial charge in [0.25, 0.3) is 0 Å². The third-order valence-electron chi connectivity index (χ3n) is 2.92. The monoisotopic (exact) mass is 214 g/mol. The van der Waals surface area contributed by atoms with Crippen LogP contribution in [0.3, 0.4) is 0 Å². The third-order valence-corrected chi connectivity index (χ3v) is 3.99. The fourth-order valence-corrected chi connectivity index (χ4v) is 2.71. The van der Waals surface area contributed by atoms with Crippen LogP contribution in [0.5, 0.6) is 0 Å². The van der Waals surface area contributed by atoms with Gasteiger partial charge >= 0.3 is 0 Å². The van der Waals surface area contributed by atoms with Crippen molar-refractivity contribution in [2.75, 3.05) is 11.8 Å². The molecular weight excluding hydrogens is 203 g/mol. The van der Waals surface area contributed by atoms with Crippen LogP contribution in [-0.2, 0) is 0 Å². The topological polar surface area (TPSA) is 0 Å². The second kappa shape index (κ2) is 3.51. The van der Waals surface area contributed by atoms with Crippen LogP contribution in [0, 0.1) is 5.41 Å². The zero-order valence-corrected chi connectivity index (χ0v) is 8.85. The van der Waals surface area contributed by atoms with Crippen molar-refractivity contribution in [3.05, 3.63) is 35.9 Å². The predicted molar refractivity (Wildman–Crippen MR) is 57.7 cm³/mol. The van der Waals surface area contributed by atoms with Gasteiger partial charge in [0.05, 0.1) is 0 Å². The maximum absolute atomic E-state index is 5.92. The Morgan fingerprint density at radius 3 is 2.23 bits per heavy atom. The standard InChI is InChI=1S/C11H12Cl2/c12-7-11(8-13)6-10(11)9-4-2-1-3-5-9/h1-5,10H,6-8H2. The van der Waals surface area contributed by atoms with Gasteiger partial charge in [-0.05, 0) is 17.9 Å². The molecule has 0 heterocycles. The maximum Gasteiger partial charge on any atom is 0.0297 e. The predicted octanol–water partition coefficient (Wildman–Crippen LogP) is 3.64. The van der Waals surface area contributed by atoms with Gasteiger partial charge in [0.15, 0.2) is 0 Å². The van der Waals surface area contributed by atoms with Gasteiger partial charge in [-0.25, -0.2) is 0 Å². The lowest BCUT2D eigenvalue weighted by atomic mass is 10.0. The molecule has 1 aromatic rings. The molecule has 13 heavy (non-hydrogen) atoms. The van der Waals surface area contributed by atoms with E-state index in [0.29, 0.717) is 17.7 Å². The molecular formula is C11H12Cl2. The molecule has 2 rings (SSSR count). The summed E-state index contributed by atoms with van der Waals surface area (Å²) < 4.78 is 0. The van der Waals surface area contributed by atoms with Crippen LogP contribution < -0.4 is 0 Å². The second-order valence-corrected chi connectivity index (χ2v) is 4.33. The van der Waals surface area contributed by atoms with Crippen molar-refractivity contribution in [3.8, 4) is 0 Å². The fraction of sp³-hybridized carbons (Fsp3) is 0.455. The summed E-state index contributed by atoms with van der Waals surface area (Å²) in [5.41, 5.74) is 1.56. The third kappa shape index (κ3) is 1.58. The zero-order chi connectivity index (χ0) is 9.31. The maximum atomic E-state index is 5.92. The molecule has 2 heteroatoms. The Morgan fingerprint density at radius 1 is 1.15 bits per heavy atom. The lowest BCUT2D eigenvalue weighted by Gasteiger charge is -2.08. The average Bonchev–Trinajstić information content (AvgIpc) is 2.95. The van der Waals surface area contributed by atoms with Crippen LogP contribution in [0.1, 0.15) is 17.9 Å². The van der Waals surface area contributed by atoms with Crippen LogP contribution in [0.2, 0.25) is 0 Å². The Morgan fingerprint density at radius 2 is 1.77 bits per heavy atom. The molecule has 0 saturated heterocycles. The van der Waals surface area contributed by atoms with Crippen molar-refractivity contribution < 1.29 is 0 Å². The average molecular weight is 215 g/mol. The van der Waals surface area contributed by atoms with E-state index in [1.807, 2.05) is 6.07 Å². The highest BCUT2D eigenvalue weighted by Crippen LogP contribution is 2.60. The van der Waals surface area contributed by atoms with E-state index in [2.05, 4.69) is 24.3 Å². The molecule has 0 bridgehead atoms. The van der Waals surface area contributed by atoms with Crippen molar-refractivity contribution >= 4 is 23.2 Å². The van der Waals surface area contributed by atoms with Crippen LogP contribution in [0.4, 0.5) is 0 Å².